The third-order valence-electron chi connectivity index (χ3n) is 6.11. The molecule has 154 valence electrons. The molecule has 6 nitrogen and oxygen atoms in total. The molecule has 0 saturated heterocycles. The van der Waals surface area contributed by atoms with E-state index < -0.39 is 0 Å². The molecule has 0 radical (unpaired) electrons. The molecule has 3 aromatic heterocycles. The second-order valence-electron chi connectivity index (χ2n) is 8.55. The fourth-order valence-electron chi connectivity index (χ4n) is 4.81. The van der Waals surface area contributed by atoms with Gasteiger partial charge in [-0.2, -0.15) is 0 Å². The summed E-state index contributed by atoms with van der Waals surface area (Å²) >= 11 is 7.68. The minimum absolute atomic E-state index is 0.0762. The number of rotatable bonds is 2. The Balaban J connectivity index is 1.99. The van der Waals surface area contributed by atoms with Gasteiger partial charge in [-0.25, -0.2) is 9.78 Å². The lowest BCUT2D eigenvalue weighted by molar-refractivity contribution is 0.323. The fourth-order valence-corrected chi connectivity index (χ4v) is 6.08. The van der Waals surface area contributed by atoms with Crippen molar-refractivity contribution in [3.8, 4) is 11.3 Å². The summed E-state index contributed by atoms with van der Waals surface area (Å²) in [5, 5.41) is 3.77. The summed E-state index contributed by atoms with van der Waals surface area (Å²) in [4.78, 5) is 30.7. The molecule has 4 aromatic rings. The highest BCUT2D eigenvalue weighted by atomic mass is 35.5. The molecular weight excluding hydrogens is 420 g/mol. The number of hydrogen-bond acceptors (Lipinski definition) is 4. The third kappa shape index (κ3) is 2.51. The van der Waals surface area contributed by atoms with Crippen molar-refractivity contribution in [2.45, 2.75) is 26.3 Å². The molecule has 0 bridgehead atoms. The van der Waals surface area contributed by atoms with Crippen LogP contribution >= 0.6 is 22.9 Å². The summed E-state index contributed by atoms with van der Waals surface area (Å²) in [6, 6.07) is 9.90. The van der Waals surface area contributed by atoms with Gasteiger partial charge in [0.1, 0.15) is 10.2 Å². The van der Waals surface area contributed by atoms with Gasteiger partial charge in [-0.15, -0.1) is 11.3 Å². The van der Waals surface area contributed by atoms with E-state index in [9.17, 15) is 9.59 Å². The Morgan fingerprint density at radius 1 is 1.13 bits per heavy atom. The predicted octanol–water partition coefficient (Wildman–Crippen LogP) is 3.99. The summed E-state index contributed by atoms with van der Waals surface area (Å²) in [7, 11) is 3.26. The molecule has 1 aromatic carbocycles. The van der Waals surface area contributed by atoms with E-state index in [1.807, 2.05) is 35.7 Å². The molecular formula is C22H21ClN4O2S. The maximum atomic E-state index is 13.3. The number of thiazole rings is 1. The molecule has 1 aliphatic rings. The highest BCUT2D eigenvalue weighted by Crippen LogP contribution is 2.53. The molecule has 0 aliphatic carbocycles. The van der Waals surface area contributed by atoms with Crippen molar-refractivity contribution in [2.24, 2.45) is 19.5 Å². The van der Waals surface area contributed by atoms with Crippen LogP contribution in [-0.4, -0.2) is 18.7 Å². The van der Waals surface area contributed by atoms with Crippen molar-refractivity contribution < 1.29 is 0 Å². The first-order valence-electron chi connectivity index (χ1n) is 9.71. The topological polar surface area (TPSA) is 61.8 Å². The average molecular weight is 441 g/mol. The van der Waals surface area contributed by atoms with E-state index in [1.165, 1.54) is 23.0 Å². The Morgan fingerprint density at radius 3 is 2.47 bits per heavy atom. The zero-order chi connectivity index (χ0) is 21.4. The van der Waals surface area contributed by atoms with Crippen molar-refractivity contribution in [3.05, 3.63) is 72.4 Å². The smallest absolute Gasteiger partial charge is 0.331 e. The van der Waals surface area contributed by atoms with E-state index in [2.05, 4.69) is 23.4 Å². The number of halogens is 1. The van der Waals surface area contributed by atoms with E-state index in [4.69, 9.17) is 11.6 Å². The predicted molar refractivity (Wildman–Crippen MR) is 121 cm³/mol. The van der Waals surface area contributed by atoms with Crippen LogP contribution in [0, 0.1) is 5.41 Å². The number of aryl methyl sites for hydroxylation is 1. The van der Waals surface area contributed by atoms with Crippen LogP contribution in [0.2, 0.25) is 5.15 Å². The minimum atomic E-state index is -0.332. The summed E-state index contributed by atoms with van der Waals surface area (Å²) in [6.45, 7) is 5.10. The first kappa shape index (κ1) is 19.3. The number of benzene rings is 1. The van der Waals surface area contributed by atoms with Gasteiger partial charge in [0.15, 0.2) is 0 Å². The van der Waals surface area contributed by atoms with Crippen LogP contribution < -0.4 is 11.2 Å². The molecule has 0 saturated carbocycles. The maximum Gasteiger partial charge on any atom is 0.331 e. The Kier molecular flexibility index (Phi) is 4.14. The van der Waals surface area contributed by atoms with Crippen molar-refractivity contribution in [2.75, 3.05) is 0 Å². The molecule has 8 heteroatoms. The third-order valence-corrected chi connectivity index (χ3v) is 7.35. The molecule has 0 unspecified atom stereocenters. The van der Waals surface area contributed by atoms with Gasteiger partial charge in [-0.1, -0.05) is 55.8 Å². The number of hydrogen-bond donors (Lipinski definition) is 0. The van der Waals surface area contributed by atoms with Crippen LogP contribution in [0.15, 0.2) is 45.3 Å². The van der Waals surface area contributed by atoms with E-state index >= 15 is 0 Å². The lowest BCUT2D eigenvalue weighted by Gasteiger charge is -2.25. The quantitative estimate of drug-likeness (QED) is 0.473. The van der Waals surface area contributed by atoms with E-state index in [0.717, 1.165) is 22.0 Å². The van der Waals surface area contributed by atoms with Gasteiger partial charge in [0, 0.05) is 26.0 Å². The molecule has 4 heterocycles. The molecule has 0 amide bonds. The first-order valence-corrected chi connectivity index (χ1v) is 11.0. The lowest BCUT2D eigenvalue weighted by Crippen LogP contribution is -2.37. The second kappa shape index (κ2) is 6.43. The van der Waals surface area contributed by atoms with Crippen molar-refractivity contribution in [3.63, 3.8) is 0 Å². The van der Waals surface area contributed by atoms with Crippen molar-refractivity contribution >= 4 is 33.8 Å². The SMILES string of the molecule is Cn1c(=O)c2c(-c3ccccc3)n3c(c2n(C)c1=O)[C@@H](c1nc(Cl)cs1)C(C)(C)C3. The molecule has 0 spiro atoms. The van der Waals surface area contributed by atoms with Gasteiger partial charge in [0.05, 0.1) is 28.2 Å². The lowest BCUT2D eigenvalue weighted by atomic mass is 9.79. The van der Waals surface area contributed by atoms with Gasteiger partial charge in [0.25, 0.3) is 5.56 Å². The van der Waals surface area contributed by atoms with E-state index in [-0.39, 0.29) is 22.6 Å². The Hall–Kier alpha value is -2.64. The van der Waals surface area contributed by atoms with Crippen molar-refractivity contribution in [1.29, 1.82) is 0 Å². The fraction of sp³-hybridized carbons (Fsp3) is 0.318. The van der Waals surface area contributed by atoms with Gasteiger partial charge in [0.2, 0.25) is 0 Å². The number of nitrogens with zero attached hydrogens (tertiary/aromatic N) is 4. The van der Waals surface area contributed by atoms with Crippen LogP contribution in [-0.2, 0) is 20.6 Å². The number of fused-ring (bicyclic) bond motifs is 3. The Morgan fingerprint density at radius 2 is 1.83 bits per heavy atom. The van der Waals surface area contributed by atoms with Gasteiger partial charge in [-0.05, 0) is 11.0 Å². The van der Waals surface area contributed by atoms with Crippen LogP contribution in [0.1, 0.15) is 30.5 Å². The highest BCUT2D eigenvalue weighted by molar-refractivity contribution is 7.10. The monoisotopic (exact) mass is 440 g/mol. The summed E-state index contributed by atoms with van der Waals surface area (Å²) in [5.74, 6) is -0.0762. The number of aromatic nitrogens is 4. The summed E-state index contributed by atoms with van der Waals surface area (Å²) in [6.07, 6.45) is 0. The Labute approximate surface area is 182 Å². The largest absolute Gasteiger partial charge is 0.341 e. The zero-order valence-electron chi connectivity index (χ0n) is 17.1. The maximum absolute atomic E-state index is 13.3. The molecule has 0 fully saturated rings. The zero-order valence-corrected chi connectivity index (χ0v) is 18.7. The molecule has 5 rings (SSSR count). The summed E-state index contributed by atoms with van der Waals surface area (Å²) < 4.78 is 4.99. The molecule has 1 aliphatic heterocycles. The van der Waals surface area contributed by atoms with E-state index in [1.54, 1.807) is 11.6 Å². The molecule has 0 N–H and O–H groups in total. The first-order chi connectivity index (χ1) is 14.2. The van der Waals surface area contributed by atoms with Gasteiger partial charge < -0.3 is 4.57 Å². The molecule has 1 atom stereocenters. The van der Waals surface area contributed by atoms with Gasteiger partial charge in [-0.3, -0.25) is 13.9 Å². The van der Waals surface area contributed by atoms with Gasteiger partial charge >= 0.3 is 5.69 Å². The Bertz CT molecular complexity index is 1430. The van der Waals surface area contributed by atoms with Crippen LogP contribution in [0.5, 0.6) is 0 Å². The van der Waals surface area contributed by atoms with Crippen LogP contribution in [0.3, 0.4) is 0 Å². The molecule has 30 heavy (non-hydrogen) atoms. The standard InChI is InChI=1S/C22H21ClN4O2S/c1-22(2)11-27-16(12-8-6-5-7-9-12)14-17(25(3)21(29)26(4)20(14)28)18(27)15(22)19-24-13(23)10-30-19/h5-10,15H,11H2,1-4H3/t15-/m0/s1. The average Bonchev–Trinajstić information content (AvgIpc) is 3.34. The minimum Gasteiger partial charge on any atom is -0.341 e. The van der Waals surface area contributed by atoms with E-state index in [0.29, 0.717) is 22.6 Å². The summed E-state index contributed by atoms with van der Waals surface area (Å²) in [5.41, 5.74) is 2.68. The highest BCUT2D eigenvalue weighted by Gasteiger charge is 2.46. The van der Waals surface area contributed by atoms with Crippen LogP contribution in [0.4, 0.5) is 0 Å². The van der Waals surface area contributed by atoms with Crippen LogP contribution in [0.25, 0.3) is 22.2 Å². The second-order valence-corrected chi connectivity index (χ2v) is 9.82. The van der Waals surface area contributed by atoms with Crippen molar-refractivity contribution in [1.82, 2.24) is 18.7 Å². The normalized spacial score (nSPS) is 17.6.